The first-order valence-electron chi connectivity index (χ1n) is 10.6. The minimum Gasteiger partial charge on any atom is -0.349 e. The number of imidazole rings is 1. The number of aromatic nitrogens is 2. The van der Waals surface area contributed by atoms with Crippen molar-refractivity contribution in [3.63, 3.8) is 0 Å². The van der Waals surface area contributed by atoms with Crippen LogP contribution in [0.1, 0.15) is 55.3 Å². The summed E-state index contributed by atoms with van der Waals surface area (Å²) < 4.78 is 27.9. The van der Waals surface area contributed by atoms with Gasteiger partial charge in [-0.05, 0) is 55.3 Å². The first kappa shape index (κ1) is 21.2. The molecule has 31 heavy (non-hydrogen) atoms. The molecule has 1 aliphatic carbocycles. The van der Waals surface area contributed by atoms with Crippen LogP contribution in [0.25, 0.3) is 11.0 Å². The Bertz CT molecular complexity index is 1220. The fraction of sp³-hybridized carbons (Fsp3) is 0.364. The third kappa shape index (κ3) is 5.16. The summed E-state index contributed by atoms with van der Waals surface area (Å²) in [4.78, 5) is 29.1. The molecule has 8 nitrogen and oxygen atoms in total. The van der Waals surface area contributed by atoms with E-state index >= 15 is 0 Å². The van der Waals surface area contributed by atoms with Gasteiger partial charge in [0.25, 0.3) is 15.9 Å². The summed E-state index contributed by atoms with van der Waals surface area (Å²) in [6.45, 7) is 0. The summed E-state index contributed by atoms with van der Waals surface area (Å²) in [5.74, 6) is -0.137. The summed E-state index contributed by atoms with van der Waals surface area (Å²) in [6, 6.07) is 10.9. The molecule has 0 atom stereocenters. The summed E-state index contributed by atoms with van der Waals surface area (Å²) in [6.07, 6.45) is 7.97. The molecule has 0 saturated heterocycles. The highest BCUT2D eigenvalue weighted by molar-refractivity contribution is 7.92. The molecule has 3 aromatic rings. The van der Waals surface area contributed by atoms with Crippen LogP contribution in [0.15, 0.2) is 52.2 Å². The number of amides is 1. The van der Waals surface area contributed by atoms with Gasteiger partial charge in [-0.2, -0.15) is 0 Å². The fourth-order valence-corrected chi connectivity index (χ4v) is 5.04. The molecule has 164 valence electrons. The number of H-pyrrole nitrogens is 2. The van der Waals surface area contributed by atoms with Gasteiger partial charge in [0.2, 0.25) is 0 Å². The van der Waals surface area contributed by atoms with Crippen LogP contribution in [-0.2, 0) is 10.0 Å². The molecule has 1 aromatic heterocycles. The van der Waals surface area contributed by atoms with Gasteiger partial charge in [0.05, 0.1) is 15.9 Å². The Hall–Kier alpha value is -3.07. The Morgan fingerprint density at radius 1 is 0.871 bits per heavy atom. The molecule has 0 spiro atoms. The van der Waals surface area contributed by atoms with Crippen molar-refractivity contribution in [1.82, 2.24) is 15.3 Å². The van der Waals surface area contributed by atoms with E-state index in [9.17, 15) is 18.0 Å². The van der Waals surface area contributed by atoms with Gasteiger partial charge in [-0.1, -0.05) is 32.1 Å². The lowest BCUT2D eigenvalue weighted by atomic mass is 9.96. The second-order valence-corrected chi connectivity index (χ2v) is 9.67. The number of benzene rings is 2. The molecule has 1 heterocycles. The molecule has 0 radical (unpaired) electrons. The number of anilines is 1. The first-order valence-corrected chi connectivity index (χ1v) is 12.0. The lowest BCUT2D eigenvalue weighted by molar-refractivity contribution is 0.0930. The van der Waals surface area contributed by atoms with Crippen molar-refractivity contribution in [1.29, 1.82) is 0 Å². The van der Waals surface area contributed by atoms with Crippen molar-refractivity contribution in [2.45, 2.75) is 55.9 Å². The Morgan fingerprint density at radius 3 is 2.23 bits per heavy atom. The standard InChI is InChI=1S/C22H26N4O4S/c27-21(23-16-6-4-2-1-3-5-7-16)15-8-10-17(11-9-15)26-31(29,30)18-12-13-19-20(14-18)25-22(28)24-19/h8-14,16,26H,1-7H2,(H,23,27)(H2,24,25,28). The molecule has 4 rings (SSSR count). The summed E-state index contributed by atoms with van der Waals surface area (Å²) in [5.41, 5.74) is 1.39. The van der Waals surface area contributed by atoms with Crippen molar-refractivity contribution in [3.05, 3.63) is 58.5 Å². The smallest absolute Gasteiger partial charge is 0.323 e. The zero-order chi connectivity index (χ0) is 21.8. The van der Waals surface area contributed by atoms with Gasteiger partial charge in [0.1, 0.15) is 0 Å². The monoisotopic (exact) mass is 442 g/mol. The van der Waals surface area contributed by atoms with Crippen LogP contribution in [-0.4, -0.2) is 30.3 Å². The van der Waals surface area contributed by atoms with Gasteiger partial charge in [0, 0.05) is 17.3 Å². The maximum atomic E-state index is 12.7. The van der Waals surface area contributed by atoms with E-state index in [-0.39, 0.29) is 16.8 Å². The number of aromatic amines is 2. The van der Waals surface area contributed by atoms with Crippen molar-refractivity contribution in [2.24, 2.45) is 0 Å². The van der Waals surface area contributed by atoms with E-state index in [1.807, 2.05) is 0 Å². The molecule has 4 N–H and O–H groups in total. The van der Waals surface area contributed by atoms with Crippen molar-refractivity contribution < 1.29 is 13.2 Å². The number of carbonyl (C=O) groups excluding carboxylic acids is 1. The Kier molecular flexibility index (Phi) is 6.13. The summed E-state index contributed by atoms with van der Waals surface area (Å²) in [7, 11) is -3.85. The van der Waals surface area contributed by atoms with E-state index in [0.717, 1.165) is 25.7 Å². The highest BCUT2D eigenvalue weighted by Crippen LogP contribution is 2.20. The lowest BCUT2D eigenvalue weighted by Crippen LogP contribution is -2.35. The zero-order valence-corrected chi connectivity index (χ0v) is 17.9. The van der Waals surface area contributed by atoms with E-state index in [0.29, 0.717) is 22.3 Å². The molecule has 1 amide bonds. The highest BCUT2D eigenvalue weighted by Gasteiger charge is 2.17. The van der Waals surface area contributed by atoms with Gasteiger partial charge in [0.15, 0.2) is 0 Å². The van der Waals surface area contributed by atoms with Gasteiger partial charge in [-0.15, -0.1) is 0 Å². The molecule has 1 saturated carbocycles. The molecule has 0 unspecified atom stereocenters. The predicted molar refractivity (Wildman–Crippen MR) is 120 cm³/mol. The number of hydrogen-bond donors (Lipinski definition) is 4. The quantitative estimate of drug-likeness (QED) is 0.483. The number of nitrogens with one attached hydrogen (secondary N) is 4. The molecule has 1 aliphatic rings. The number of rotatable bonds is 5. The zero-order valence-electron chi connectivity index (χ0n) is 17.1. The average Bonchev–Trinajstić information content (AvgIpc) is 3.09. The van der Waals surface area contributed by atoms with Gasteiger partial charge in [-0.3, -0.25) is 9.52 Å². The van der Waals surface area contributed by atoms with Crippen LogP contribution < -0.4 is 15.7 Å². The maximum absolute atomic E-state index is 12.7. The van der Waals surface area contributed by atoms with E-state index in [1.54, 1.807) is 24.3 Å². The van der Waals surface area contributed by atoms with E-state index in [2.05, 4.69) is 20.0 Å². The lowest BCUT2D eigenvalue weighted by Gasteiger charge is -2.21. The van der Waals surface area contributed by atoms with Crippen LogP contribution in [0.5, 0.6) is 0 Å². The van der Waals surface area contributed by atoms with Gasteiger partial charge >= 0.3 is 5.69 Å². The molecule has 2 aromatic carbocycles. The van der Waals surface area contributed by atoms with E-state index in [4.69, 9.17) is 0 Å². The van der Waals surface area contributed by atoms with Gasteiger partial charge in [-0.25, -0.2) is 13.2 Å². The average molecular weight is 443 g/mol. The first-order chi connectivity index (χ1) is 14.9. The molecule has 0 bridgehead atoms. The topological polar surface area (TPSA) is 124 Å². The van der Waals surface area contributed by atoms with Crippen molar-refractivity contribution in [2.75, 3.05) is 4.72 Å². The van der Waals surface area contributed by atoms with E-state index in [1.165, 1.54) is 37.5 Å². The highest BCUT2D eigenvalue weighted by atomic mass is 32.2. The number of carbonyl (C=O) groups is 1. The van der Waals surface area contributed by atoms with Crippen molar-refractivity contribution >= 4 is 32.7 Å². The minimum atomic E-state index is -3.85. The Balaban J connectivity index is 1.43. The second-order valence-electron chi connectivity index (χ2n) is 7.98. The number of hydrogen-bond acceptors (Lipinski definition) is 4. The number of fused-ring (bicyclic) bond motifs is 1. The molecular formula is C22H26N4O4S. The molecule has 1 fully saturated rings. The normalized spacial score (nSPS) is 15.9. The summed E-state index contributed by atoms with van der Waals surface area (Å²) in [5, 5.41) is 3.11. The van der Waals surface area contributed by atoms with Crippen molar-refractivity contribution in [3.8, 4) is 0 Å². The molecule has 9 heteroatoms. The number of sulfonamides is 1. The largest absolute Gasteiger partial charge is 0.349 e. The van der Waals surface area contributed by atoms with E-state index < -0.39 is 15.7 Å². The molecule has 0 aliphatic heterocycles. The maximum Gasteiger partial charge on any atom is 0.323 e. The van der Waals surface area contributed by atoms with Crippen LogP contribution in [0.3, 0.4) is 0 Å². The fourth-order valence-electron chi connectivity index (χ4n) is 3.95. The predicted octanol–water partition coefficient (Wildman–Crippen LogP) is 3.50. The van der Waals surface area contributed by atoms with Crippen LogP contribution in [0, 0.1) is 0 Å². The van der Waals surface area contributed by atoms with Crippen LogP contribution in [0.2, 0.25) is 0 Å². The van der Waals surface area contributed by atoms with Crippen LogP contribution in [0.4, 0.5) is 5.69 Å². The molecular weight excluding hydrogens is 416 g/mol. The SMILES string of the molecule is O=C(NC1CCCCCCC1)c1ccc(NS(=O)(=O)c2ccc3[nH]c(=O)[nH]c3c2)cc1. The Labute approximate surface area is 180 Å². The second kappa shape index (κ2) is 8.97. The van der Waals surface area contributed by atoms with Gasteiger partial charge < -0.3 is 15.3 Å². The summed E-state index contributed by atoms with van der Waals surface area (Å²) >= 11 is 0. The minimum absolute atomic E-state index is 0.0290. The van der Waals surface area contributed by atoms with Crippen LogP contribution >= 0.6 is 0 Å². The third-order valence-corrected chi connectivity index (χ3v) is 7.02. The third-order valence-electron chi connectivity index (χ3n) is 5.64. The Morgan fingerprint density at radius 2 is 1.52 bits per heavy atom.